The van der Waals surface area contributed by atoms with Gasteiger partial charge in [0, 0.05) is 25.1 Å². The van der Waals surface area contributed by atoms with E-state index in [9.17, 15) is 10.2 Å². The number of nitrogens with one attached hydrogen (secondary N) is 1. The summed E-state index contributed by atoms with van der Waals surface area (Å²) < 4.78 is 0. The van der Waals surface area contributed by atoms with E-state index in [0.717, 1.165) is 24.9 Å². The number of rotatable bonds is 7. The first-order chi connectivity index (χ1) is 9.06. The fourth-order valence-electron chi connectivity index (χ4n) is 2.26. The molecule has 1 saturated carbocycles. The van der Waals surface area contributed by atoms with E-state index in [1.54, 1.807) is 0 Å². The monoisotopic (exact) mass is 263 g/mol. The Labute approximate surface area is 115 Å². The van der Waals surface area contributed by atoms with Crippen molar-refractivity contribution in [3.8, 4) is 0 Å². The highest BCUT2D eigenvalue weighted by Gasteiger charge is 2.41. The van der Waals surface area contributed by atoms with Crippen molar-refractivity contribution in [2.24, 2.45) is 5.41 Å². The summed E-state index contributed by atoms with van der Waals surface area (Å²) in [6.07, 6.45) is 1.71. The van der Waals surface area contributed by atoms with Crippen LogP contribution in [0.25, 0.3) is 0 Å². The average molecular weight is 263 g/mol. The summed E-state index contributed by atoms with van der Waals surface area (Å²) in [5.41, 5.74) is 2.34. The van der Waals surface area contributed by atoms with Gasteiger partial charge in [-0.3, -0.25) is 0 Å². The second-order valence-electron chi connectivity index (χ2n) is 6.13. The smallest absolute Gasteiger partial charge is 0.0914 e. The fourth-order valence-corrected chi connectivity index (χ4v) is 2.26. The molecule has 19 heavy (non-hydrogen) atoms. The van der Waals surface area contributed by atoms with Crippen molar-refractivity contribution in [1.82, 2.24) is 5.32 Å². The zero-order valence-corrected chi connectivity index (χ0v) is 11.9. The Balaban J connectivity index is 1.80. The van der Waals surface area contributed by atoms with Crippen LogP contribution >= 0.6 is 0 Å². The van der Waals surface area contributed by atoms with E-state index in [4.69, 9.17) is 0 Å². The van der Waals surface area contributed by atoms with Crippen LogP contribution in [0.3, 0.4) is 0 Å². The first-order valence-corrected chi connectivity index (χ1v) is 7.16. The predicted molar refractivity (Wildman–Crippen MR) is 77.1 cm³/mol. The van der Waals surface area contributed by atoms with E-state index in [0.29, 0.717) is 12.5 Å². The SMILES string of the molecule is CC(C)c1ccc(C(O)CNCC2(CO)CC2)cc1. The van der Waals surface area contributed by atoms with E-state index < -0.39 is 6.10 Å². The molecule has 0 radical (unpaired) electrons. The minimum Gasteiger partial charge on any atom is -0.396 e. The Morgan fingerprint density at radius 2 is 1.74 bits per heavy atom. The third-order valence-electron chi connectivity index (χ3n) is 4.12. The highest BCUT2D eigenvalue weighted by atomic mass is 16.3. The largest absolute Gasteiger partial charge is 0.396 e. The molecule has 0 spiro atoms. The van der Waals surface area contributed by atoms with Crippen LogP contribution in [0, 0.1) is 5.41 Å². The molecule has 106 valence electrons. The molecular weight excluding hydrogens is 238 g/mol. The maximum atomic E-state index is 10.1. The van der Waals surface area contributed by atoms with Crippen molar-refractivity contribution in [3.63, 3.8) is 0 Å². The Morgan fingerprint density at radius 1 is 1.16 bits per heavy atom. The van der Waals surface area contributed by atoms with E-state index in [-0.39, 0.29) is 12.0 Å². The zero-order chi connectivity index (χ0) is 13.9. The highest BCUT2D eigenvalue weighted by Crippen LogP contribution is 2.44. The molecular formula is C16H25NO2. The molecule has 0 bridgehead atoms. The molecule has 1 aromatic carbocycles. The minimum atomic E-state index is -0.476. The highest BCUT2D eigenvalue weighted by molar-refractivity contribution is 5.26. The van der Waals surface area contributed by atoms with Crippen molar-refractivity contribution < 1.29 is 10.2 Å². The van der Waals surface area contributed by atoms with Crippen LogP contribution in [0.5, 0.6) is 0 Å². The zero-order valence-electron chi connectivity index (χ0n) is 11.9. The lowest BCUT2D eigenvalue weighted by Crippen LogP contribution is -2.30. The van der Waals surface area contributed by atoms with Crippen molar-refractivity contribution in [2.75, 3.05) is 19.7 Å². The van der Waals surface area contributed by atoms with Crippen LogP contribution in [0.15, 0.2) is 24.3 Å². The Hall–Kier alpha value is -0.900. The molecule has 0 amide bonds. The van der Waals surface area contributed by atoms with Gasteiger partial charge in [-0.25, -0.2) is 0 Å². The molecule has 1 aromatic rings. The van der Waals surface area contributed by atoms with Crippen molar-refractivity contribution in [3.05, 3.63) is 35.4 Å². The molecule has 0 aliphatic heterocycles. The van der Waals surface area contributed by atoms with E-state index in [1.807, 2.05) is 12.1 Å². The second-order valence-corrected chi connectivity index (χ2v) is 6.13. The van der Waals surface area contributed by atoms with Crippen molar-refractivity contribution in [2.45, 2.75) is 38.7 Å². The Kier molecular flexibility index (Phi) is 4.61. The molecule has 2 rings (SSSR count). The van der Waals surface area contributed by atoms with Gasteiger partial charge in [0.2, 0.25) is 0 Å². The summed E-state index contributed by atoms with van der Waals surface area (Å²) in [7, 11) is 0. The van der Waals surface area contributed by atoms with Gasteiger partial charge in [-0.05, 0) is 29.9 Å². The van der Waals surface area contributed by atoms with Gasteiger partial charge in [0.05, 0.1) is 6.10 Å². The lowest BCUT2D eigenvalue weighted by molar-refractivity contribution is 0.162. The van der Waals surface area contributed by atoms with Gasteiger partial charge in [-0.15, -0.1) is 0 Å². The van der Waals surface area contributed by atoms with Crippen molar-refractivity contribution >= 4 is 0 Å². The molecule has 3 nitrogen and oxygen atoms in total. The lowest BCUT2D eigenvalue weighted by Gasteiger charge is -2.16. The molecule has 1 aliphatic carbocycles. The molecule has 0 aromatic heterocycles. The van der Waals surface area contributed by atoms with Crippen LogP contribution in [0.2, 0.25) is 0 Å². The number of hydrogen-bond donors (Lipinski definition) is 3. The molecule has 3 heteroatoms. The summed E-state index contributed by atoms with van der Waals surface area (Å²) in [5, 5.41) is 22.6. The summed E-state index contributed by atoms with van der Waals surface area (Å²) in [4.78, 5) is 0. The van der Waals surface area contributed by atoms with Gasteiger partial charge < -0.3 is 15.5 Å². The molecule has 1 unspecified atom stereocenters. The molecule has 3 N–H and O–H groups in total. The van der Waals surface area contributed by atoms with Crippen LogP contribution < -0.4 is 5.32 Å². The first-order valence-electron chi connectivity index (χ1n) is 7.16. The third kappa shape index (κ3) is 3.78. The van der Waals surface area contributed by atoms with Gasteiger partial charge in [0.25, 0.3) is 0 Å². The van der Waals surface area contributed by atoms with E-state index in [1.165, 1.54) is 5.56 Å². The van der Waals surface area contributed by atoms with E-state index >= 15 is 0 Å². The van der Waals surface area contributed by atoms with Crippen LogP contribution in [0.1, 0.15) is 49.8 Å². The Bertz CT molecular complexity index is 396. The maximum Gasteiger partial charge on any atom is 0.0914 e. The average Bonchev–Trinajstić information content (AvgIpc) is 3.19. The third-order valence-corrected chi connectivity index (χ3v) is 4.12. The number of aliphatic hydroxyl groups is 2. The topological polar surface area (TPSA) is 52.5 Å². The van der Waals surface area contributed by atoms with Gasteiger partial charge in [-0.2, -0.15) is 0 Å². The number of benzene rings is 1. The van der Waals surface area contributed by atoms with Gasteiger partial charge >= 0.3 is 0 Å². The second kappa shape index (κ2) is 6.04. The van der Waals surface area contributed by atoms with Gasteiger partial charge in [-0.1, -0.05) is 38.1 Å². The number of hydrogen-bond acceptors (Lipinski definition) is 3. The molecule has 0 heterocycles. The maximum absolute atomic E-state index is 10.1. The van der Waals surface area contributed by atoms with Crippen LogP contribution in [0.4, 0.5) is 0 Å². The molecule has 1 atom stereocenters. The van der Waals surface area contributed by atoms with Crippen molar-refractivity contribution in [1.29, 1.82) is 0 Å². The van der Waals surface area contributed by atoms with Gasteiger partial charge in [0.15, 0.2) is 0 Å². The van der Waals surface area contributed by atoms with Crippen LogP contribution in [-0.4, -0.2) is 29.9 Å². The molecule has 0 saturated heterocycles. The molecule has 1 fully saturated rings. The standard InChI is InChI=1S/C16H25NO2/c1-12(2)13-3-5-14(6-4-13)15(19)9-17-10-16(11-18)7-8-16/h3-6,12,15,17-19H,7-11H2,1-2H3. The fraction of sp³-hybridized carbons (Fsp3) is 0.625. The lowest BCUT2D eigenvalue weighted by atomic mass is 10.00. The minimum absolute atomic E-state index is 0.0984. The quantitative estimate of drug-likeness (QED) is 0.707. The first kappa shape index (κ1) is 14.5. The number of aliphatic hydroxyl groups excluding tert-OH is 2. The Morgan fingerprint density at radius 3 is 2.21 bits per heavy atom. The summed E-state index contributed by atoms with van der Waals surface area (Å²) in [6, 6.07) is 8.17. The summed E-state index contributed by atoms with van der Waals surface area (Å²) in [5.74, 6) is 0.517. The van der Waals surface area contributed by atoms with Crippen LogP contribution in [-0.2, 0) is 0 Å². The van der Waals surface area contributed by atoms with Gasteiger partial charge in [0.1, 0.15) is 0 Å². The summed E-state index contributed by atoms with van der Waals surface area (Å²) in [6.45, 7) is 5.92. The summed E-state index contributed by atoms with van der Waals surface area (Å²) >= 11 is 0. The van der Waals surface area contributed by atoms with E-state index in [2.05, 4.69) is 31.3 Å². The predicted octanol–water partition coefficient (Wildman–Crippen LogP) is 2.21. The molecule has 1 aliphatic rings. The normalized spacial score (nSPS) is 18.6.